The van der Waals surface area contributed by atoms with Crippen LogP contribution in [-0.4, -0.2) is 28.5 Å². The van der Waals surface area contributed by atoms with Gasteiger partial charge in [-0.15, -0.1) is 0 Å². The van der Waals surface area contributed by atoms with Crippen LogP contribution < -0.4 is 0 Å². The maximum atomic E-state index is 11.2. The summed E-state index contributed by atoms with van der Waals surface area (Å²) in [6.07, 6.45) is 1.97. The first-order chi connectivity index (χ1) is 6.77. The van der Waals surface area contributed by atoms with E-state index in [1.165, 1.54) is 0 Å². The molecule has 0 aliphatic heterocycles. The Morgan fingerprint density at radius 2 is 2.50 bits per heavy atom. The second-order valence-electron chi connectivity index (χ2n) is 2.64. The minimum atomic E-state index is -0.593. The molecular formula is C9H12N2O3. The van der Waals surface area contributed by atoms with Crippen molar-refractivity contribution in [3.63, 3.8) is 0 Å². The molecule has 0 aliphatic rings. The first kappa shape index (κ1) is 10.3. The van der Waals surface area contributed by atoms with Gasteiger partial charge < -0.3 is 14.9 Å². The molecule has 0 amide bonds. The molecule has 0 saturated heterocycles. The summed E-state index contributed by atoms with van der Waals surface area (Å²) < 4.78 is 4.70. The molecule has 5 nitrogen and oxygen atoms in total. The minimum absolute atomic E-state index is 0.00528. The Morgan fingerprint density at radius 3 is 3.00 bits per heavy atom. The highest BCUT2D eigenvalue weighted by molar-refractivity contribution is 6.36. The normalized spacial score (nSPS) is 11.4. The summed E-state index contributed by atoms with van der Waals surface area (Å²) in [5, 5.41) is 11.5. The standard InChI is InChI=1S/C9H12N2O3/c1-2-14-9(12)8(11-13)6-7-4-3-5-10-7/h3-5,10,13H,2,6H2,1H3. The molecule has 5 heteroatoms. The molecule has 14 heavy (non-hydrogen) atoms. The van der Waals surface area contributed by atoms with Crippen molar-refractivity contribution in [2.75, 3.05) is 6.61 Å². The van der Waals surface area contributed by atoms with Crippen LogP contribution in [0.15, 0.2) is 23.5 Å². The van der Waals surface area contributed by atoms with Gasteiger partial charge >= 0.3 is 5.97 Å². The number of esters is 1. The topological polar surface area (TPSA) is 74.7 Å². The van der Waals surface area contributed by atoms with E-state index in [4.69, 9.17) is 9.94 Å². The maximum absolute atomic E-state index is 11.2. The molecule has 0 unspecified atom stereocenters. The first-order valence-electron chi connectivity index (χ1n) is 4.28. The lowest BCUT2D eigenvalue weighted by atomic mass is 10.2. The summed E-state index contributed by atoms with van der Waals surface area (Å²) in [5.41, 5.74) is 0.792. The first-order valence-corrected chi connectivity index (χ1v) is 4.28. The molecule has 76 valence electrons. The van der Waals surface area contributed by atoms with Gasteiger partial charge in [0.15, 0.2) is 5.71 Å². The van der Waals surface area contributed by atoms with Gasteiger partial charge in [-0.1, -0.05) is 5.16 Å². The van der Waals surface area contributed by atoms with E-state index >= 15 is 0 Å². The molecule has 0 aromatic carbocycles. The minimum Gasteiger partial charge on any atom is -0.461 e. The number of rotatable bonds is 4. The Balaban J connectivity index is 2.61. The van der Waals surface area contributed by atoms with Crippen LogP contribution >= 0.6 is 0 Å². The van der Waals surface area contributed by atoms with Crippen LogP contribution in [0.1, 0.15) is 12.6 Å². The monoisotopic (exact) mass is 196 g/mol. The van der Waals surface area contributed by atoms with E-state index in [1.54, 1.807) is 25.3 Å². The molecule has 0 radical (unpaired) electrons. The van der Waals surface area contributed by atoms with Crippen molar-refractivity contribution in [3.8, 4) is 0 Å². The Hall–Kier alpha value is -1.78. The number of carbonyl (C=O) groups is 1. The number of carbonyl (C=O) groups excluding carboxylic acids is 1. The predicted octanol–water partition coefficient (Wildman–Crippen LogP) is 0.951. The van der Waals surface area contributed by atoms with Crippen LogP contribution in [-0.2, 0) is 16.0 Å². The fraction of sp³-hybridized carbons (Fsp3) is 0.333. The fourth-order valence-electron chi connectivity index (χ4n) is 1.02. The average Bonchev–Trinajstić information content (AvgIpc) is 2.66. The van der Waals surface area contributed by atoms with Gasteiger partial charge in [0.2, 0.25) is 0 Å². The van der Waals surface area contributed by atoms with Crippen LogP contribution in [0, 0.1) is 0 Å². The predicted molar refractivity (Wildman–Crippen MR) is 50.4 cm³/mol. The zero-order valence-electron chi connectivity index (χ0n) is 7.86. The molecule has 0 spiro atoms. The smallest absolute Gasteiger partial charge is 0.356 e. The Bertz CT molecular complexity index is 317. The van der Waals surface area contributed by atoms with Gasteiger partial charge in [-0.25, -0.2) is 4.79 Å². The van der Waals surface area contributed by atoms with Crippen molar-refractivity contribution >= 4 is 11.7 Å². The Morgan fingerprint density at radius 1 is 1.71 bits per heavy atom. The zero-order chi connectivity index (χ0) is 10.4. The lowest BCUT2D eigenvalue weighted by Gasteiger charge is -2.02. The molecule has 2 N–H and O–H groups in total. The van der Waals surface area contributed by atoms with Crippen LogP contribution in [0.25, 0.3) is 0 Å². The lowest BCUT2D eigenvalue weighted by Crippen LogP contribution is -2.20. The molecule has 1 heterocycles. The second kappa shape index (κ2) is 5.06. The molecule has 0 aliphatic carbocycles. The number of aromatic amines is 1. The van der Waals surface area contributed by atoms with Gasteiger partial charge in [0, 0.05) is 18.3 Å². The Labute approximate surface area is 81.4 Å². The number of hydrogen-bond donors (Lipinski definition) is 2. The summed E-state index contributed by atoms with van der Waals surface area (Å²) in [7, 11) is 0. The third kappa shape index (κ3) is 2.62. The van der Waals surface area contributed by atoms with E-state index in [-0.39, 0.29) is 18.7 Å². The van der Waals surface area contributed by atoms with E-state index in [9.17, 15) is 4.79 Å². The summed E-state index contributed by atoms with van der Waals surface area (Å²) in [5.74, 6) is -0.593. The van der Waals surface area contributed by atoms with Crippen LogP contribution in [0.4, 0.5) is 0 Å². The zero-order valence-corrected chi connectivity index (χ0v) is 7.86. The van der Waals surface area contributed by atoms with Crippen molar-refractivity contribution in [2.24, 2.45) is 5.16 Å². The fourth-order valence-corrected chi connectivity index (χ4v) is 1.02. The van der Waals surface area contributed by atoms with Crippen molar-refractivity contribution in [1.82, 2.24) is 4.98 Å². The maximum Gasteiger partial charge on any atom is 0.356 e. The van der Waals surface area contributed by atoms with E-state index < -0.39 is 5.97 Å². The molecule has 1 aromatic rings. The quantitative estimate of drug-likeness (QED) is 0.326. The highest BCUT2D eigenvalue weighted by Crippen LogP contribution is 1.99. The second-order valence-corrected chi connectivity index (χ2v) is 2.64. The van der Waals surface area contributed by atoms with E-state index in [0.29, 0.717) is 0 Å². The van der Waals surface area contributed by atoms with Crippen LogP contribution in [0.2, 0.25) is 0 Å². The summed E-state index contributed by atoms with van der Waals surface area (Å²) in [6, 6.07) is 3.60. The van der Waals surface area contributed by atoms with Gasteiger partial charge in [-0.05, 0) is 19.1 Å². The van der Waals surface area contributed by atoms with Gasteiger partial charge in [-0.3, -0.25) is 0 Å². The molecule has 1 aromatic heterocycles. The summed E-state index contributed by atoms with van der Waals surface area (Å²) in [6.45, 7) is 1.96. The summed E-state index contributed by atoms with van der Waals surface area (Å²) >= 11 is 0. The van der Waals surface area contributed by atoms with Crippen molar-refractivity contribution in [3.05, 3.63) is 24.0 Å². The van der Waals surface area contributed by atoms with Crippen LogP contribution in [0.5, 0.6) is 0 Å². The Kier molecular flexibility index (Phi) is 3.72. The molecular weight excluding hydrogens is 184 g/mol. The number of nitrogens with one attached hydrogen (secondary N) is 1. The number of nitrogens with zero attached hydrogens (tertiary/aromatic N) is 1. The SMILES string of the molecule is CCOC(=O)C(Cc1ccc[nH]1)=NO. The highest BCUT2D eigenvalue weighted by Gasteiger charge is 2.14. The molecule has 0 fully saturated rings. The van der Waals surface area contributed by atoms with Crippen molar-refractivity contribution < 1.29 is 14.7 Å². The number of oxime groups is 1. The van der Waals surface area contributed by atoms with Crippen molar-refractivity contribution in [1.29, 1.82) is 0 Å². The summed E-state index contributed by atoms with van der Waals surface area (Å²) in [4.78, 5) is 14.1. The van der Waals surface area contributed by atoms with Crippen molar-refractivity contribution in [2.45, 2.75) is 13.3 Å². The number of H-pyrrole nitrogens is 1. The van der Waals surface area contributed by atoms with Gasteiger partial charge in [-0.2, -0.15) is 0 Å². The molecule has 1 rings (SSSR count). The third-order valence-corrected chi connectivity index (χ3v) is 1.65. The van der Waals surface area contributed by atoms with E-state index in [0.717, 1.165) is 5.69 Å². The highest BCUT2D eigenvalue weighted by atomic mass is 16.5. The largest absolute Gasteiger partial charge is 0.461 e. The molecule has 0 bridgehead atoms. The molecule has 0 saturated carbocycles. The van der Waals surface area contributed by atoms with E-state index in [1.807, 2.05) is 0 Å². The number of aromatic nitrogens is 1. The van der Waals surface area contributed by atoms with E-state index in [2.05, 4.69) is 10.1 Å². The number of hydrogen-bond acceptors (Lipinski definition) is 4. The van der Waals surface area contributed by atoms with Gasteiger partial charge in [0.25, 0.3) is 0 Å². The average molecular weight is 196 g/mol. The molecule has 0 atom stereocenters. The number of ether oxygens (including phenoxy) is 1. The van der Waals surface area contributed by atoms with Gasteiger partial charge in [0.1, 0.15) is 0 Å². The lowest BCUT2D eigenvalue weighted by molar-refractivity contribution is -0.135. The van der Waals surface area contributed by atoms with Gasteiger partial charge in [0.05, 0.1) is 6.61 Å². The van der Waals surface area contributed by atoms with Crippen LogP contribution in [0.3, 0.4) is 0 Å². The third-order valence-electron chi connectivity index (χ3n) is 1.65.